The van der Waals surface area contributed by atoms with Gasteiger partial charge in [0.25, 0.3) is 0 Å². The van der Waals surface area contributed by atoms with Crippen LogP contribution >= 0.6 is 0 Å². The van der Waals surface area contributed by atoms with Crippen LogP contribution in [0.4, 0.5) is 4.79 Å². The molecule has 3 aromatic rings. The van der Waals surface area contributed by atoms with Crippen molar-refractivity contribution in [1.82, 2.24) is 0 Å². The van der Waals surface area contributed by atoms with Crippen LogP contribution < -0.4 is 0 Å². The summed E-state index contributed by atoms with van der Waals surface area (Å²) < 4.78 is 9.09. The van der Waals surface area contributed by atoms with Crippen molar-refractivity contribution in [3.63, 3.8) is 0 Å². The molecule has 0 heterocycles. The Balaban J connectivity index is 2.30. The molecule has 0 spiro atoms. The van der Waals surface area contributed by atoms with E-state index < -0.39 is 12.1 Å². The van der Waals surface area contributed by atoms with Crippen LogP contribution in [0.1, 0.15) is 10.4 Å². The summed E-state index contributed by atoms with van der Waals surface area (Å²) in [6.07, 6.45) is -1.02. The van der Waals surface area contributed by atoms with Gasteiger partial charge in [-0.2, -0.15) is 0 Å². The third kappa shape index (κ3) is 2.31. The molecule has 0 bridgehead atoms. The van der Waals surface area contributed by atoms with Crippen molar-refractivity contribution in [3.8, 4) is 0 Å². The molecule has 0 atom stereocenters. The van der Waals surface area contributed by atoms with Crippen molar-refractivity contribution >= 4 is 33.7 Å². The maximum atomic E-state index is 12.3. The van der Waals surface area contributed by atoms with E-state index in [0.29, 0.717) is 5.56 Å². The maximum absolute atomic E-state index is 12.3. The third-order valence-electron chi connectivity index (χ3n) is 3.32. The van der Waals surface area contributed by atoms with Crippen molar-refractivity contribution < 1.29 is 19.1 Å². The van der Waals surface area contributed by atoms with Gasteiger partial charge in [0.2, 0.25) is 0 Å². The highest BCUT2D eigenvalue weighted by Gasteiger charge is 2.19. The second kappa shape index (κ2) is 5.25. The van der Waals surface area contributed by atoms with Gasteiger partial charge in [-0.1, -0.05) is 48.5 Å². The molecule has 0 aliphatic carbocycles. The van der Waals surface area contributed by atoms with Crippen molar-refractivity contribution in [2.45, 2.75) is 0 Å². The van der Waals surface area contributed by atoms with Crippen LogP contribution in [0.2, 0.25) is 0 Å². The van der Waals surface area contributed by atoms with Crippen molar-refractivity contribution in [3.05, 3.63) is 60.2 Å². The SMILES string of the molecule is COC(=O)OC(=O)c1c2ccccc2cc2ccccc12. The Morgan fingerprint density at radius 1 is 0.857 bits per heavy atom. The molecule has 4 nitrogen and oxygen atoms in total. The van der Waals surface area contributed by atoms with Crippen molar-refractivity contribution in [2.75, 3.05) is 7.11 Å². The van der Waals surface area contributed by atoms with E-state index in [2.05, 4.69) is 4.74 Å². The lowest BCUT2D eigenvalue weighted by Gasteiger charge is -2.10. The smallest absolute Gasteiger partial charge is 0.437 e. The van der Waals surface area contributed by atoms with Gasteiger partial charge in [-0.25, -0.2) is 9.59 Å². The Kier molecular flexibility index (Phi) is 3.28. The predicted molar refractivity (Wildman–Crippen MR) is 79.3 cm³/mol. The minimum absolute atomic E-state index is 0.370. The molecular weight excluding hydrogens is 268 g/mol. The summed E-state index contributed by atoms with van der Waals surface area (Å²) in [5.74, 6) is -0.713. The molecule has 3 aromatic carbocycles. The molecule has 0 saturated heterocycles. The zero-order valence-electron chi connectivity index (χ0n) is 11.3. The van der Waals surface area contributed by atoms with E-state index in [1.807, 2.05) is 54.6 Å². The summed E-state index contributed by atoms with van der Waals surface area (Å²) in [5.41, 5.74) is 0.370. The number of fused-ring (bicyclic) bond motifs is 2. The Morgan fingerprint density at radius 3 is 1.90 bits per heavy atom. The molecular formula is C17H12O4. The summed E-state index contributed by atoms with van der Waals surface area (Å²) >= 11 is 0. The third-order valence-corrected chi connectivity index (χ3v) is 3.32. The first-order valence-corrected chi connectivity index (χ1v) is 6.41. The van der Waals surface area contributed by atoms with Gasteiger partial charge in [-0.05, 0) is 27.6 Å². The van der Waals surface area contributed by atoms with Crippen LogP contribution in [0.3, 0.4) is 0 Å². The number of hydrogen-bond donors (Lipinski definition) is 0. The van der Waals surface area contributed by atoms with E-state index in [-0.39, 0.29) is 0 Å². The summed E-state index contributed by atoms with van der Waals surface area (Å²) in [6, 6.07) is 17.0. The lowest BCUT2D eigenvalue weighted by Crippen LogP contribution is -2.13. The minimum Gasteiger partial charge on any atom is -0.437 e. The van der Waals surface area contributed by atoms with E-state index in [1.165, 1.54) is 0 Å². The van der Waals surface area contributed by atoms with Crippen LogP contribution in [-0.2, 0) is 9.47 Å². The Hall–Kier alpha value is -2.88. The fraction of sp³-hybridized carbons (Fsp3) is 0.0588. The van der Waals surface area contributed by atoms with Gasteiger partial charge in [-0.3, -0.25) is 0 Å². The minimum atomic E-state index is -1.02. The molecule has 0 amide bonds. The van der Waals surface area contributed by atoms with Crippen LogP contribution in [0.15, 0.2) is 54.6 Å². The summed E-state index contributed by atoms with van der Waals surface area (Å²) in [7, 11) is 1.16. The predicted octanol–water partition coefficient (Wildman–Crippen LogP) is 3.92. The molecule has 0 N–H and O–H groups in total. The van der Waals surface area contributed by atoms with Gasteiger partial charge >= 0.3 is 12.1 Å². The van der Waals surface area contributed by atoms with Crippen LogP contribution in [0.5, 0.6) is 0 Å². The molecule has 0 aliphatic rings. The molecule has 21 heavy (non-hydrogen) atoms. The van der Waals surface area contributed by atoms with Crippen LogP contribution in [-0.4, -0.2) is 19.2 Å². The molecule has 0 aromatic heterocycles. The van der Waals surface area contributed by atoms with Crippen LogP contribution in [0.25, 0.3) is 21.5 Å². The standard InChI is InChI=1S/C17H12O4/c1-20-17(19)21-16(18)15-13-8-4-2-6-11(13)10-12-7-3-5-9-14(12)15/h2-10H,1H3. The van der Waals surface area contributed by atoms with Gasteiger partial charge in [0.1, 0.15) is 0 Å². The molecule has 0 unspecified atom stereocenters. The number of methoxy groups -OCH3 is 1. The van der Waals surface area contributed by atoms with E-state index >= 15 is 0 Å². The zero-order chi connectivity index (χ0) is 14.8. The summed E-state index contributed by atoms with van der Waals surface area (Å²) in [5, 5.41) is 3.30. The lowest BCUT2D eigenvalue weighted by atomic mass is 9.97. The molecule has 0 fully saturated rings. The Morgan fingerprint density at radius 2 is 1.38 bits per heavy atom. The molecule has 0 saturated carbocycles. The maximum Gasteiger partial charge on any atom is 0.516 e. The molecule has 0 radical (unpaired) electrons. The number of ether oxygens (including phenoxy) is 2. The molecule has 3 rings (SSSR count). The fourth-order valence-electron chi connectivity index (χ4n) is 2.40. The fourth-order valence-corrected chi connectivity index (χ4v) is 2.40. The number of rotatable bonds is 1. The Labute approximate surface area is 120 Å². The molecule has 104 valence electrons. The topological polar surface area (TPSA) is 52.6 Å². The second-order valence-electron chi connectivity index (χ2n) is 4.54. The number of esters is 1. The largest absolute Gasteiger partial charge is 0.516 e. The van der Waals surface area contributed by atoms with Gasteiger partial charge < -0.3 is 9.47 Å². The average molecular weight is 280 g/mol. The van der Waals surface area contributed by atoms with E-state index in [0.717, 1.165) is 28.7 Å². The highest BCUT2D eigenvalue weighted by Crippen LogP contribution is 2.29. The van der Waals surface area contributed by atoms with E-state index in [9.17, 15) is 9.59 Å². The van der Waals surface area contributed by atoms with Crippen molar-refractivity contribution in [2.24, 2.45) is 0 Å². The molecule has 0 aliphatic heterocycles. The first kappa shape index (κ1) is 13.1. The van der Waals surface area contributed by atoms with Crippen molar-refractivity contribution in [1.29, 1.82) is 0 Å². The number of carbonyl (C=O) groups is 2. The quantitative estimate of drug-likeness (QED) is 0.385. The first-order valence-electron chi connectivity index (χ1n) is 6.41. The average Bonchev–Trinajstić information content (AvgIpc) is 2.52. The number of carbonyl (C=O) groups excluding carboxylic acids is 2. The summed E-state index contributed by atoms with van der Waals surface area (Å²) in [6.45, 7) is 0. The summed E-state index contributed by atoms with van der Waals surface area (Å²) in [4.78, 5) is 23.5. The van der Waals surface area contributed by atoms with Gasteiger partial charge in [0.05, 0.1) is 12.7 Å². The Bertz CT molecular complexity index is 798. The lowest BCUT2D eigenvalue weighted by molar-refractivity contribution is 0.0455. The van der Waals surface area contributed by atoms with Gasteiger partial charge in [0.15, 0.2) is 0 Å². The second-order valence-corrected chi connectivity index (χ2v) is 4.54. The highest BCUT2D eigenvalue weighted by molar-refractivity contribution is 6.17. The van der Waals surface area contributed by atoms with E-state index in [1.54, 1.807) is 0 Å². The number of hydrogen-bond acceptors (Lipinski definition) is 4. The van der Waals surface area contributed by atoms with Crippen LogP contribution in [0, 0.1) is 0 Å². The molecule has 4 heteroatoms. The normalized spacial score (nSPS) is 10.5. The van der Waals surface area contributed by atoms with Gasteiger partial charge in [0, 0.05) is 0 Å². The monoisotopic (exact) mass is 280 g/mol. The zero-order valence-corrected chi connectivity index (χ0v) is 11.3. The van der Waals surface area contributed by atoms with Gasteiger partial charge in [-0.15, -0.1) is 0 Å². The first-order chi connectivity index (χ1) is 10.2. The number of benzene rings is 3. The van der Waals surface area contributed by atoms with E-state index in [4.69, 9.17) is 4.74 Å². The highest BCUT2D eigenvalue weighted by atomic mass is 16.7.